The summed E-state index contributed by atoms with van der Waals surface area (Å²) in [6, 6.07) is 0. The molecule has 4 heteroatoms. The molecule has 0 spiro atoms. The zero-order valence-corrected chi connectivity index (χ0v) is 10.5. The van der Waals surface area contributed by atoms with Crippen LogP contribution in [-0.4, -0.2) is 23.5 Å². The van der Waals surface area contributed by atoms with E-state index in [2.05, 4.69) is 5.32 Å². The molecule has 0 aromatic carbocycles. The topological polar surface area (TPSA) is 66.4 Å². The Morgan fingerprint density at radius 3 is 2.29 bits per heavy atom. The monoisotopic (exact) mass is 239 g/mol. The highest BCUT2D eigenvalue weighted by Gasteiger charge is 2.48. The van der Waals surface area contributed by atoms with Gasteiger partial charge in [-0.15, -0.1) is 0 Å². The third-order valence-electron chi connectivity index (χ3n) is 4.23. The molecule has 3 atom stereocenters. The van der Waals surface area contributed by atoms with Crippen molar-refractivity contribution in [3.63, 3.8) is 0 Å². The molecule has 0 bridgehead atoms. The fourth-order valence-electron chi connectivity index (χ4n) is 2.89. The van der Waals surface area contributed by atoms with E-state index in [-0.39, 0.29) is 24.3 Å². The number of carboxylic acid groups (broad SMARTS) is 1. The number of carbonyl (C=O) groups excluding carboxylic acids is 1. The van der Waals surface area contributed by atoms with Gasteiger partial charge in [-0.05, 0) is 37.0 Å². The van der Waals surface area contributed by atoms with E-state index in [1.54, 1.807) is 0 Å². The van der Waals surface area contributed by atoms with Crippen LogP contribution in [0.15, 0.2) is 0 Å². The number of amides is 1. The lowest BCUT2D eigenvalue weighted by atomic mass is 9.95. The highest BCUT2D eigenvalue weighted by Crippen LogP contribution is 2.54. The maximum absolute atomic E-state index is 11.9. The average Bonchev–Trinajstić information content (AvgIpc) is 2.84. The SMILES string of the molecule is CC(C)C(CNC(=O)C1CC2CC2C1)C(=O)O. The van der Waals surface area contributed by atoms with Crippen molar-refractivity contribution in [1.82, 2.24) is 5.32 Å². The van der Waals surface area contributed by atoms with Crippen molar-refractivity contribution in [2.24, 2.45) is 29.6 Å². The first-order valence-corrected chi connectivity index (χ1v) is 6.49. The van der Waals surface area contributed by atoms with Crippen LogP contribution < -0.4 is 5.32 Å². The Morgan fingerprint density at radius 1 is 1.24 bits per heavy atom. The van der Waals surface area contributed by atoms with Crippen molar-refractivity contribution in [2.75, 3.05) is 6.54 Å². The molecule has 1 amide bonds. The average molecular weight is 239 g/mol. The molecule has 3 unspecified atom stereocenters. The van der Waals surface area contributed by atoms with Crippen LogP contribution >= 0.6 is 0 Å². The number of rotatable bonds is 5. The number of aliphatic carboxylic acids is 1. The van der Waals surface area contributed by atoms with Gasteiger partial charge in [0, 0.05) is 12.5 Å². The van der Waals surface area contributed by atoms with Gasteiger partial charge in [-0.2, -0.15) is 0 Å². The molecule has 17 heavy (non-hydrogen) atoms. The zero-order chi connectivity index (χ0) is 12.6. The predicted octanol–water partition coefficient (Wildman–Crippen LogP) is 1.51. The van der Waals surface area contributed by atoms with Crippen molar-refractivity contribution in [1.29, 1.82) is 0 Å². The molecule has 2 aliphatic rings. The summed E-state index contributed by atoms with van der Waals surface area (Å²) in [5.41, 5.74) is 0. The molecule has 4 nitrogen and oxygen atoms in total. The summed E-state index contributed by atoms with van der Waals surface area (Å²) in [6.07, 6.45) is 3.32. The first-order chi connectivity index (χ1) is 7.99. The summed E-state index contributed by atoms with van der Waals surface area (Å²) >= 11 is 0. The predicted molar refractivity (Wildman–Crippen MR) is 63.3 cm³/mol. The van der Waals surface area contributed by atoms with E-state index in [1.165, 1.54) is 6.42 Å². The number of hydrogen-bond donors (Lipinski definition) is 2. The minimum atomic E-state index is -0.824. The molecule has 2 saturated carbocycles. The van der Waals surface area contributed by atoms with Crippen LogP contribution in [0.5, 0.6) is 0 Å². The first kappa shape index (κ1) is 12.4. The van der Waals surface area contributed by atoms with Gasteiger partial charge >= 0.3 is 5.97 Å². The summed E-state index contributed by atoms with van der Waals surface area (Å²) in [6.45, 7) is 4.00. The quantitative estimate of drug-likeness (QED) is 0.764. The molecule has 0 heterocycles. The Hall–Kier alpha value is -1.06. The molecule has 2 rings (SSSR count). The van der Waals surface area contributed by atoms with Crippen LogP contribution in [0.25, 0.3) is 0 Å². The third kappa shape index (κ3) is 2.79. The van der Waals surface area contributed by atoms with Gasteiger partial charge in [0.15, 0.2) is 0 Å². The second-order valence-corrected chi connectivity index (χ2v) is 5.86. The third-order valence-corrected chi connectivity index (χ3v) is 4.23. The summed E-state index contributed by atoms with van der Waals surface area (Å²) in [5, 5.41) is 11.8. The summed E-state index contributed by atoms with van der Waals surface area (Å²) in [7, 11) is 0. The number of hydrogen-bond acceptors (Lipinski definition) is 2. The minimum Gasteiger partial charge on any atom is -0.481 e. The van der Waals surface area contributed by atoms with Gasteiger partial charge in [0.2, 0.25) is 5.91 Å². The Balaban J connectivity index is 1.76. The Morgan fingerprint density at radius 2 is 1.82 bits per heavy atom. The highest BCUT2D eigenvalue weighted by atomic mass is 16.4. The van der Waals surface area contributed by atoms with Gasteiger partial charge in [-0.3, -0.25) is 9.59 Å². The van der Waals surface area contributed by atoms with Crippen LogP contribution in [-0.2, 0) is 9.59 Å². The van der Waals surface area contributed by atoms with Crippen molar-refractivity contribution >= 4 is 11.9 Å². The maximum atomic E-state index is 11.9. The lowest BCUT2D eigenvalue weighted by molar-refractivity contribution is -0.143. The van der Waals surface area contributed by atoms with Gasteiger partial charge in [0.05, 0.1) is 5.92 Å². The zero-order valence-electron chi connectivity index (χ0n) is 10.5. The Kier molecular flexibility index (Phi) is 3.40. The van der Waals surface area contributed by atoms with Gasteiger partial charge in [-0.25, -0.2) is 0 Å². The molecular weight excluding hydrogens is 218 g/mol. The first-order valence-electron chi connectivity index (χ1n) is 6.49. The van der Waals surface area contributed by atoms with E-state index in [1.807, 2.05) is 13.8 Å². The molecule has 0 aliphatic heterocycles. The van der Waals surface area contributed by atoms with Crippen LogP contribution in [0.3, 0.4) is 0 Å². The standard InChI is InChI=1S/C13H21NO3/c1-7(2)11(13(16)17)6-14-12(15)10-4-8-3-9(8)5-10/h7-11H,3-6H2,1-2H3,(H,14,15)(H,16,17). The maximum Gasteiger partial charge on any atom is 0.308 e. The van der Waals surface area contributed by atoms with Gasteiger partial charge in [0.25, 0.3) is 0 Å². The molecule has 0 saturated heterocycles. The smallest absolute Gasteiger partial charge is 0.308 e. The molecule has 2 N–H and O–H groups in total. The van der Waals surface area contributed by atoms with Crippen LogP contribution in [0.1, 0.15) is 33.1 Å². The van der Waals surface area contributed by atoms with Crippen LogP contribution in [0.2, 0.25) is 0 Å². The van der Waals surface area contributed by atoms with Gasteiger partial charge in [-0.1, -0.05) is 13.8 Å². The van der Waals surface area contributed by atoms with E-state index in [9.17, 15) is 9.59 Å². The fraction of sp³-hybridized carbons (Fsp3) is 0.846. The van der Waals surface area contributed by atoms with E-state index in [0.29, 0.717) is 0 Å². The number of carboxylic acids is 1. The van der Waals surface area contributed by atoms with Crippen LogP contribution in [0.4, 0.5) is 0 Å². The molecule has 2 aliphatic carbocycles. The summed E-state index contributed by atoms with van der Waals surface area (Å²) < 4.78 is 0. The number of carbonyl (C=O) groups is 2. The molecule has 0 radical (unpaired) electrons. The van der Waals surface area contributed by atoms with Gasteiger partial charge < -0.3 is 10.4 Å². The summed E-state index contributed by atoms with van der Waals surface area (Å²) in [5.74, 6) is 0.510. The van der Waals surface area contributed by atoms with E-state index in [0.717, 1.165) is 24.7 Å². The largest absolute Gasteiger partial charge is 0.481 e. The van der Waals surface area contributed by atoms with Crippen molar-refractivity contribution in [3.8, 4) is 0 Å². The van der Waals surface area contributed by atoms with Crippen molar-refractivity contribution in [3.05, 3.63) is 0 Å². The molecule has 0 aromatic rings. The molecule has 96 valence electrons. The fourth-order valence-corrected chi connectivity index (χ4v) is 2.89. The van der Waals surface area contributed by atoms with E-state index >= 15 is 0 Å². The lowest BCUT2D eigenvalue weighted by Crippen LogP contribution is -2.38. The second-order valence-electron chi connectivity index (χ2n) is 5.86. The highest BCUT2D eigenvalue weighted by molar-refractivity contribution is 5.80. The van der Waals surface area contributed by atoms with Crippen LogP contribution in [0, 0.1) is 29.6 Å². The van der Waals surface area contributed by atoms with Gasteiger partial charge in [0.1, 0.15) is 0 Å². The Labute approximate surface area is 102 Å². The second kappa shape index (κ2) is 4.67. The van der Waals surface area contributed by atoms with Crippen molar-refractivity contribution in [2.45, 2.75) is 33.1 Å². The normalized spacial score (nSPS) is 32.1. The van der Waals surface area contributed by atoms with E-state index in [4.69, 9.17) is 5.11 Å². The molecule has 2 fully saturated rings. The lowest BCUT2D eigenvalue weighted by Gasteiger charge is -2.18. The minimum absolute atomic E-state index is 0.0461. The number of fused-ring (bicyclic) bond motifs is 1. The Bertz CT molecular complexity index is 317. The van der Waals surface area contributed by atoms with E-state index < -0.39 is 11.9 Å². The molecular formula is C13H21NO3. The summed E-state index contributed by atoms with van der Waals surface area (Å²) in [4.78, 5) is 22.8. The molecule has 0 aromatic heterocycles. The van der Waals surface area contributed by atoms with Crippen molar-refractivity contribution < 1.29 is 14.7 Å². The number of nitrogens with one attached hydrogen (secondary N) is 1.